The molecule has 0 unspecified atom stereocenters. The number of nitrogens with zero attached hydrogens (tertiary/aromatic N) is 1. The Morgan fingerprint density at radius 3 is 2.93 bits per heavy atom. The molecule has 4 heteroatoms. The molecule has 1 amide bonds. The molecule has 0 saturated carbocycles. The molecule has 0 radical (unpaired) electrons. The largest absolute Gasteiger partial charge is 0.507 e. The number of rotatable bonds is 1. The Kier molecular flexibility index (Phi) is 3.85. The van der Waals surface area contributed by atoms with Gasteiger partial charge in [0, 0.05) is 17.9 Å². The Hall–Kier alpha value is -1.64. The van der Waals surface area contributed by atoms with E-state index in [0.29, 0.717) is 5.56 Å². The second-order valence-electron chi connectivity index (χ2n) is 2.52. The van der Waals surface area contributed by atoms with Crippen LogP contribution in [0.3, 0.4) is 0 Å². The maximum atomic E-state index is 10.4. The smallest absolute Gasteiger partial charge is 0.251 e. The van der Waals surface area contributed by atoms with Crippen LogP contribution in [-0.4, -0.2) is 21.5 Å². The minimum absolute atomic E-state index is 0.199. The number of carbonyl (C=O) groups is 1. The third-order valence-electron chi connectivity index (χ3n) is 1.38. The number of hydrogen-bond donors (Lipinski definition) is 1. The van der Waals surface area contributed by atoms with Crippen LogP contribution in [0.1, 0.15) is 12.5 Å². The minimum atomic E-state index is -0.289. The summed E-state index contributed by atoms with van der Waals surface area (Å²) in [5, 5.41) is 13.5. The quantitative estimate of drug-likeness (QED) is 0.563. The molecule has 0 aromatic heterocycles. The number of aliphatic imine (C=N–C) groups is 1. The Morgan fingerprint density at radius 2 is 2.29 bits per heavy atom. The highest BCUT2D eigenvalue weighted by atomic mass is 32.1. The molecule has 1 aromatic rings. The molecule has 1 N–H and O–H groups in total. The summed E-state index contributed by atoms with van der Waals surface area (Å²) in [6.45, 7) is 1.35. The molecule has 0 aliphatic heterocycles. The van der Waals surface area contributed by atoms with Crippen molar-refractivity contribution in [3.8, 4) is 5.75 Å². The number of para-hydroxylation sites is 1. The lowest BCUT2D eigenvalue weighted by molar-refractivity contribution is -0.115. The fraction of sp³-hybridized carbons (Fsp3) is 0.100. The molecule has 1 aromatic carbocycles. The van der Waals surface area contributed by atoms with Gasteiger partial charge in [-0.3, -0.25) is 4.79 Å². The maximum Gasteiger partial charge on any atom is 0.251 e. The number of carbonyl (C=O) groups excluding carboxylic acids is 1. The van der Waals surface area contributed by atoms with Gasteiger partial charge < -0.3 is 5.11 Å². The second-order valence-corrected chi connectivity index (χ2v) is 3.17. The summed E-state index contributed by atoms with van der Waals surface area (Å²) in [5.41, 5.74) is 0.684. The topological polar surface area (TPSA) is 49.7 Å². The lowest BCUT2D eigenvalue weighted by Gasteiger charge is -1.93. The number of benzene rings is 1. The Balaban J connectivity index is 2.94. The minimum Gasteiger partial charge on any atom is -0.507 e. The maximum absolute atomic E-state index is 10.4. The van der Waals surface area contributed by atoms with Crippen molar-refractivity contribution in [1.82, 2.24) is 0 Å². The molecule has 0 spiro atoms. The van der Waals surface area contributed by atoms with Gasteiger partial charge in [0.15, 0.2) is 0 Å². The van der Waals surface area contributed by atoms with E-state index in [0.717, 1.165) is 10.9 Å². The van der Waals surface area contributed by atoms with Crippen LogP contribution in [0.25, 0.3) is 0 Å². The Morgan fingerprint density at radius 1 is 1.57 bits per heavy atom. The Bertz CT molecular complexity index is 441. The van der Waals surface area contributed by atoms with E-state index in [-0.39, 0.29) is 11.7 Å². The van der Waals surface area contributed by atoms with Gasteiger partial charge in [-0.2, -0.15) is 4.99 Å². The van der Waals surface area contributed by atoms with E-state index < -0.39 is 0 Å². The van der Waals surface area contributed by atoms with Crippen molar-refractivity contribution in [2.75, 3.05) is 0 Å². The lowest BCUT2D eigenvalue weighted by atomic mass is 10.2. The third kappa shape index (κ3) is 3.39. The van der Waals surface area contributed by atoms with E-state index in [2.05, 4.69) is 10.2 Å². The van der Waals surface area contributed by atoms with Gasteiger partial charge in [0.2, 0.25) is 0 Å². The summed E-state index contributed by atoms with van der Waals surface area (Å²) < 4.78 is 0. The first-order valence-corrected chi connectivity index (χ1v) is 4.81. The van der Waals surface area contributed by atoms with Gasteiger partial charge in [-0.05, 0) is 6.07 Å². The van der Waals surface area contributed by atoms with Crippen LogP contribution in [0.15, 0.2) is 29.3 Å². The van der Waals surface area contributed by atoms with Crippen LogP contribution < -0.4 is 0 Å². The third-order valence-corrected chi connectivity index (χ3v) is 1.95. The molecular weight excluding hydrogens is 198 g/mol. The van der Waals surface area contributed by atoms with Crippen molar-refractivity contribution in [2.45, 2.75) is 6.92 Å². The zero-order valence-electron chi connectivity index (χ0n) is 7.60. The van der Waals surface area contributed by atoms with Gasteiger partial charge in [0.1, 0.15) is 5.75 Å². The van der Waals surface area contributed by atoms with E-state index in [9.17, 15) is 9.90 Å². The molecule has 14 heavy (non-hydrogen) atoms. The summed E-state index contributed by atoms with van der Waals surface area (Å²) in [6, 6.07) is 6.91. The molecular formula is C10H9NO2S. The number of phenolic OH excluding ortho intramolecular Hbond substituents is 1. The van der Waals surface area contributed by atoms with Crippen molar-refractivity contribution >= 4 is 27.4 Å². The molecule has 3 nitrogen and oxygen atoms in total. The van der Waals surface area contributed by atoms with Crippen LogP contribution in [0.4, 0.5) is 0 Å². The fourth-order valence-corrected chi connectivity index (χ4v) is 1.33. The van der Waals surface area contributed by atoms with E-state index >= 15 is 0 Å². The van der Waals surface area contributed by atoms with Gasteiger partial charge in [-0.25, -0.2) is 0 Å². The second kappa shape index (κ2) is 5.17. The van der Waals surface area contributed by atoms with Gasteiger partial charge in [0.25, 0.3) is 5.91 Å². The number of aromatic hydroxyl groups is 1. The lowest BCUT2D eigenvalue weighted by Crippen LogP contribution is -1.78. The predicted molar refractivity (Wildman–Crippen MR) is 59.0 cm³/mol. The van der Waals surface area contributed by atoms with E-state index in [1.165, 1.54) is 6.92 Å². The molecule has 1 rings (SSSR count). The number of hydrogen-bond acceptors (Lipinski definition) is 2. The van der Waals surface area contributed by atoms with Crippen LogP contribution in [-0.2, 0) is 4.79 Å². The molecule has 0 bridgehead atoms. The first-order valence-electron chi connectivity index (χ1n) is 3.93. The number of isothiocyanates is 1. The highest BCUT2D eigenvalue weighted by molar-refractivity contribution is 7.95. The van der Waals surface area contributed by atoms with Crippen molar-refractivity contribution in [1.29, 1.82) is 0 Å². The summed E-state index contributed by atoms with van der Waals surface area (Å²) in [4.78, 5) is 13.8. The Labute approximate surface area is 85.3 Å². The fourth-order valence-electron chi connectivity index (χ4n) is 0.768. The van der Waals surface area contributed by atoms with Crippen LogP contribution in [0.5, 0.6) is 5.75 Å². The highest BCUT2D eigenvalue weighted by Crippen LogP contribution is 2.12. The summed E-state index contributed by atoms with van der Waals surface area (Å²) in [5.74, 6) is -0.0900. The molecule has 0 aliphatic rings. The zero-order valence-corrected chi connectivity index (χ0v) is 8.41. The molecule has 0 aliphatic carbocycles. The summed E-state index contributed by atoms with van der Waals surface area (Å²) in [6.07, 6.45) is 0. The van der Waals surface area contributed by atoms with Crippen LogP contribution in [0.2, 0.25) is 0 Å². The molecule has 0 saturated heterocycles. The standard InChI is InChI=1S/C10H9NO2S/c1-8(12)11-7-14-6-9-4-2-3-5-10(9)13/h2-6,13H,1H3. The monoisotopic (exact) mass is 207 g/mol. The molecule has 0 heterocycles. The van der Waals surface area contributed by atoms with Gasteiger partial charge >= 0.3 is 0 Å². The van der Waals surface area contributed by atoms with E-state index in [4.69, 9.17) is 0 Å². The first-order chi connectivity index (χ1) is 6.70. The van der Waals surface area contributed by atoms with Gasteiger partial charge in [-0.15, -0.1) is 0 Å². The van der Waals surface area contributed by atoms with Crippen molar-refractivity contribution in [2.24, 2.45) is 4.99 Å². The van der Waals surface area contributed by atoms with E-state index in [1.807, 2.05) is 6.07 Å². The highest BCUT2D eigenvalue weighted by Gasteiger charge is 1.91. The predicted octanol–water partition coefficient (Wildman–Crippen LogP) is 1.73. The van der Waals surface area contributed by atoms with Crippen molar-refractivity contribution in [3.05, 3.63) is 29.8 Å². The summed E-state index contributed by atoms with van der Waals surface area (Å²) >= 11 is 0. The van der Waals surface area contributed by atoms with Crippen LogP contribution in [0, 0.1) is 0 Å². The summed E-state index contributed by atoms with van der Waals surface area (Å²) in [7, 11) is 1.13. The SMILES string of the molecule is CC(=O)N=C=S=Cc1ccccc1O. The van der Waals surface area contributed by atoms with Crippen molar-refractivity contribution in [3.63, 3.8) is 0 Å². The number of amides is 1. The molecule has 0 atom stereocenters. The average Bonchev–Trinajstić information content (AvgIpc) is 2.15. The average molecular weight is 207 g/mol. The molecule has 0 fully saturated rings. The normalized spacial score (nSPS) is 8.64. The van der Waals surface area contributed by atoms with E-state index in [1.54, 1.807) is 23.6 Å². The first kappa shape index (κ1) is 10.4. The van der Waals surface area contributed by atoms with Crippen LogP contribution >= 0.6 is 10.9 Å². The van der Waals surface area contributed by atoms with Crippen molar-refractivity contribution < 1.29 is 9.90 Å². The zero-order chi connectivity index (χ0) is 10.4. The van der Waals surface area contributed by atoms with Gasteiger partial charge in [0.05, 0.1) is 5.16 Å². The molecule has 72 valence electrons. The van der Waals surface area contributed by atoms with Gasteiger partial charge in [-0.1, -0.05) is 29.1 Å². The number of phenols is 1.